The van der Waals surface area contributed by atoms with Gasteiger partial charge in [-0.3, -0.25) is 9.13 Å². The number of hydrogen-bond donors (Lipinski definition) is 1. The van der Waals surface area contributed by atoms with Crippen molar-refractivity contribution in [3.63, 3.8) is 0 Å². The van der Waals surface area contributed by atoms with Crippen LogP contribution in [0.25, 0.3) is 0 Å². The van der Waals surface area contributed by atoms with E-state index in [1.54, 1.807) is 15.3 Å². The second kappa shape index (κ2) is 5.81. The summed E-state index contributed by atoms with van der Waals surface area (Å²) in [6, 6.07) is 0. The molecular formula is C11H17N5OS. The first kappa shape index (κ1) is 12.8. The van der Waals surface area contributed by atoms with Gasteiger partial charge in [-0.1, -0.05) is 11.4 Å². The first-order chi connectivity index (χ1) is 8.76. The molecule has 0 aromatic carbocycles. The van der Waals surface area contributed by atoms with Crippen LogP contribution in [0.15, 0.2) is 17.2 Å². The van der Waals surface area contributed by atoms with Crippen molar-refractivity contribution in [1.29, 1.82) is 0 Å². The Morgan fingerprint density at radius 2 is 2.11 bits per heavy atom. The zero-order valence-corrected chi connectivity index (χ0v) is 11.4. The number of hydrogen-bond acceptors (Lipinski definition) is 5. The van der Waals surface area contributed by atoms with Gasteiger partial charge in [-0.05, 0) is 13.3 Å². The number of nitrogens with one attached hydrogen (secondary N) is 1. The van der Waals surface area contributed by atoms with Crippen molar-refractivity contribution in [2.75, 3.05) is 11.9 Å². The fraction of sp³-hybridized carbons (Fsp3) is 0.545. The Hall–Kier alpha value is -1.63. The standard InChI is InChI=1S/C11H17N5OS/c1-3-5-15-6-7-16(11(15)17)8-9-10(12-4-2)18-14-13-9/h6-7,12H,3-5,8H2,1-2H3. The zero-order chi connectivity index (χ0) is 13.0. The lowest BCUT2D eigenvalue weighted by atomic mass is 10.4. The van der Waals surface area contributed by atoms with Crippen molar-refractivity contribution in [3.8, 4) is 0 Å². The molecule has 0 atom stereocenters. The van der Waals surface area contributed by atoms with Crippen molar-refractivity contribution < 1.29 is 0 Å². The molecule has 0 aliphatic rings. The molecule has 0 aliphatic carbocycles. The number of nitrogens with zero attached hydrogens (tertiary/aromatic N) is 4. The molecule has 0 fully saturated rings. The van der Waals surface area contributed by atoms with E-state index in [2.05, 4.69) is 21.8 Å². The van der Waals surface area contributed by atoms with E-state index >= 15 is 0 Å². The monoisotopic (exact) mass is 267 g/mol. The fourth-order valence-corrected chi connectivity index (χ4v) is 2.39. The minimum Gasteiger partial charge on any atom is -0.374 e. The van der Waals surface area contributed by atoms with Gasteiger partial charge >= 0.3 is 5.69 Å². The van der Waals surface area contributed by atoms with E-state index in [0.717, 1.165) is 30.2 Å². The maximum absolute atomic E-state index is 12.0. The molecule has 18 heavy (non-hydrogen) atoms. The second-order valence-corrected chi connectivity index (χ2v) is 4.74. The Balaban J connectivity index is 2.18. The minimum absolute atomic E-state index is 0.00676. The highest BCUT2D eigenvalue weighted by Gasteiger charge is 2.10. The van der Waals surface area contributed by atoms with Crippen LogP contribution in [0.3, 0.4) is 0 Å². The van der Waals surface area contributed by atoms with Crippen LogP contribution in [0, 0.1) is 0 Å². The van der Waals surface area contributed by atoms with Crippen LogP contribution in [-0.2, 0) is 13.1 Å². The smallest absolute Gasteiger partial charge is 0.328 e. The third kappa shape index (κ3) is 2.61. The lowest BCUT2D eigenvalue weighted by molar-refractivity contribution is 0.621. The van der Waals surface area contributed by atoms with Gasteiger partial charge in [0.15, 0.2) is 0 Å². The molecule has 0 radical (unpaired) electrons. The molecule has 2 aromatic rings. The van der Waals surface area contributed by atoms with Gasteiger partial charge in [0.2, 0.25) is 0 Å². The number of aromatic nitrogens is 4. The van der Waals surface area contributed by atoms with Crippen LogP contribution in [0.1, 0.15) is 26.0 Å². The maximum atomic E-state index is 12.0. The number of imidazole rings is 1. The molecular weight excluding hydrogens is 250 g/mol. The molecule has 0 aliphatic heterocycles. The number of aryl methyl sites for hydroxylation is 1. The van der Waals surface area contributed by atoms with Gasteiger partial charge in [-0.25, -0.2) is 4.79 Å². The third-order valence-corrected chi connectivity index (χ3v) is 3.32. The highest BCUT2D eigenvalue weighted by molar-refractivity contribution is 7.10. The normalized spacial score (nSPS) is 10.8. The van der Waals surface area contributed by atoms with Crippen LogP contribution in [0.2, 0.25) is 0 Å². The molecule has 2 rings (SSSR count). The molecule has 98 valence electrons. The summed E-state index contributed by atoms with van der Waals surface area (Å²) in [6.07, 6.45) is 4.57. The summed E-state index contributed by atoms with van der Waals surface area (Å²) in [7, 11) is 0. The Bertz CT molecular complexity index is 556. The highest BCUT2D eigenvalue weighted by Crippen LogP contribution is 2.17. The second-order valence-electron chi connectivity index (χ2n) is 3.98. The van der Waals surface area contributed by atoms with Gasteiger partial charge in [-0.15, -0.1) is 5.10 Å². The topological polar surface area (TPSA) is 64.7 Å². The van der Waals surface area contributed by atoms with Crippen molar-refractivity contribution in [3.05, 3.63) is 28.6 Å². The molecule has 2 heterocycles. The van der Waals surface area contributed by atoms with Gasteiger partial charge in [0.25, 0.3) is 0 Å². The molecule has 6 nitrogen and oxygen atoms in total. The minimum atomic E-state index is 0.00676. The quantitative estimate of drug-likeness (QED) is 0.859. The number of anilines is 1. The summed E-state index contributed by atoms with van der Waals surface area (Å²) in [5, 5.41) is 8.20. The average Bonchev–Trinajstić information content (AvgIpc) is 2.92. The molecule has 0 saturated heterocycles. The summed E-state index contributed by atoms with van der Waals surface area (Å²) < 4.78 is 7.29. The average molecular weight is 267 g/mol. The largest absolute Gasteiger partial charge is 0.374 e. The Labute approximate surface area is 109 Å². The molecule has 0 amide bonds. The van der Waals surface area contributed by atoms with Crippen LogP contribution >= 0.6 is 11.5 Å². The SMILES string of the molecule is CCCn1ccn(Cc2nnsc2NCC)c1=O. The molecule has 0 bridgehead atoms. The lowest BCUT2D eigenvalue weighted by Gasteiger charge is -2.02. The summed E-state index contributed by atoms with van der Waals surface area (Å²) in [4.78, 5) is 12.0. The Morgan fingerprint density at radius 3 is 2.83 bits per heavy atom. The van der Waals surface area contributed by atoms with Crippen LogP contribution < -0.4 is 11.0 Å². The molecule has 7 heteroatoms. The van der Waals surface area contributed by atoms with Gasteiger partial charge in [0.05, 0.1) is 6.54 Å². The summed E-state index contributed by atoms with van der Waals surface area (Å²) in [5.41, 5.74) is 0.825. The van der Waals surface area contributed by atoms with Gasteiger partial charge in [0.1, 0.15) is 10.7 Å². The van der Waals surface area contributed by atoms with Gasteiger partial charge in [-0.2, -0.15) is 0 Å². The van der Waals surface area contributed by atoms with E-state index in [4.69, 9.17) is 0 Å². The van der Waals surface area contributed by atoms with Gasteiger partial charge < -0.3 is 5.32 Å². The van der Waals surface area contributed by atoms with Crippen molar-refractivity contribution in [1.82, 2.24) is 18.7 Å². The Kier molecular flexibility index (Phi) is 4.14. The summed E-state index contributed by atoms with van der Waals surface area (Å²) in [5.74, 6) is 0. The van der Waals surface area contributed by atoms with Crippen LogP contribution in [-0.4, -0.2) is 25.3 Å². The third-order valence-electron chi connectivity index (χ3n) is 2.60. The number of rotatable bonds is 6. The van der Waals surface area contributed by atoms with E-state index in [9.17, 15) is 4.79 Å². The highest BCUT2D eigenvalue weighted by atomic mass is 32.1. The van der Waals surface area contributed by atoms with E-state index < -0.39 is 0 Å². The summed E-state index contributed by atoms with van der Waals surface area (Å²) >= 11 is 1.32. The predicted molar refractivity (Wildman–Crippen MR) is 72.2 cm³/mol. The van der Waals surface area contributed by atoms with E-state index in [1.807, 2.05) is 13.1 Å². The van der Waals surface area contributed by atoms with Crippen molar-refractivity contribution in [2.24, 2.45) is 0 Å². The molecule has 0 unspecified atom stereocenters. The van der Waals surface area contributed by atoms with Crippen LogP contribution in [0.4, 0.5) is 5.00 Å². The molecule has 0 saturated carbocycles. The van der Waals surface area contributed by atoms with Gasteiger partial charge in [0, 0.05) is 37.0 Å². The van der Waals surface area contributed by atoms with E-state index in [1.165, 1.54) is 11.5 Å². The Morgan fingerprint density at radius 1 is 1.33 bits per heavy atom. The predicted octanol–water partition coefficient (Wildman–Crippen LogP) is 1.39. The lowest BCUT2D eigenvalue weighted by Crippen LogP contribution is -2.24. The van der Waals surface area contributed by atoms with Crippen LogP contribution in [0.5, 0.6) is 0 Å². The van der Waals surface area contributed by atoms with Crippen molar-refractivity contribution >= 4 is 16.5 Å². The zero-order valence-electron chi connectivity index (χ0n) is 10.6. The van der Waals surface area contributed by atoms with Crippen molar-refractivity contribution in [2.45, 2.75) is 33.4 Å². The maximum Gasteiger partial charge on any atom is 0.328 e. The molecule has 0 spiro atoms. The van der Waals surface area contributed by atoms with E-state index in [-0.39, 0.29) is 5.69 Å². The molecule has 1 N–H and O–H groups in total. The fourth-order valence-electron chi connectivity index (χ4n) is 1.75. The summed E-state index contributed by atoms with van der Waals surface area (Å²) in [6.45, 7) is 6.11. The molecule has 2 aromatic heterocycles. The first-order valence-electron chi connectivity index (χ1n) is 6.07. The van der Waals surface area contributed by atoms with E-state index in [0.29, 0.717) is 6.54 Å². The first-order valence-corrected chi connectivity index (χ1v) is 6.84.